The SMILES string of the molecule is OCCc1cccc2c(C3CC3)cc(-c3ccncc3)nc12. The first-order chi connectivity index (χ1) is 10.9. The Labute approximate surface area is 129 Å². The van der Waals surface area contributed by atoms with E-state index in [-0.39, 0.29) is 6.61 Å². The van der Waals surface area contributed by atoms with Gasteiger partial charge in [-0.2, -0.15) is 0 Å². The van der Waals surface area contributed by atoms with Crippen LogP contribution in [0.5, 0.6) is 0 Å². The van der Waals surface area contributed by atoms with Crippen molar-refractivity contribution in [3.8, 4) is 11.3 Å². The summed E-state index contributed by atoms with van der Waals surface area (Å²) in [6.45, 7) is 0.152. The summed E-state index contributed by atoms with van der Waals surface area (Å²) in [6.07, 6.45) is 6.78. The van der Waals surface area contributed by atoms with Gasteiger partial charge in [0.25, 0.3) is 0 Å². The smallest absolute Gasteiger partial charge is 0.0745 e. The van der Waals surface area contributed by atoms with Gasteiger partial charge in [0, 0.05) is 30.0 Å². The van der Waals surface area contributed by atoms with Crippen molar-refractivity contribution in [2.24, 2.45) is 0 Å². The zero-order valence-corrected chi connectivity index (χ0v) is 12.4. The Morgan fingerprint density at radius 1 is 1.09 bits per heavy atom. The molecule has 3 heteroatoms. The molecule has 0 atom stereocenters. The van der Waals surface area contributed by atoms with Gasteiger partial charge in [-0.25, -0.2) is 4.98 Å². The Balaban J connectivity index is 1.97. The minimum Gasteiger partial charge on any atom is -0.396 e. The van der Waals surface area contributed by atoms with Crippen LogP contribution in [0.1, 0.15) is 29.9 Å². The molecule has 4 rings (SSSR count). The Bertz CT molecular complexity index is 810. The van der Waals surface area contributed by atoms with Crippen LogP contribution in [0, 0.1) is 0 Å². The van der Waals surface area contributed by atoms with Crippen LogP contribution in [0.15, 0.2) is 48.8 Å². The summed E-state index contributed by atoms with van der Waals surface area (Å²) >= 11 is 0. The molecule has 0 unspecified atom stereocenters. The van der Waals surface area contributed by atoms with Gasteiger partial charge in [-0.1, -0.05) is 18.2 Å². The molecule has 2 aromatic heterocycles. The highest BCUT2D eigenvalue weighted by molar-refractivity contribution is 5.88. The van der Waals surface area contributed by atoms with Crippen LogP contribution in [0.4, 0.5) is 0 Å². The van der Waals surface area contributed by atoms with Gasteiger partial charge in [-0.05, 0) is 54.5 Å². The van der Waals surface area contributed by atoms with E-state index < -0.39 is 0 Å². The van der Waals surface area contributed by atoms with Crippen LogP contribution >= 0.6 is 0 Å². The standard InChI is InChI=1S/C19H18N2O/c22-11-8-15-2-1-3-16-17(13-4-5-13)12-18(21-19(15)16)14-6-9-20-10-7-14/h1-3,6-7,9-10,12-13,22H,4-5,8,11H2. The predicted molar refractivity (Wildman–Crippen MR) is 87.7 cm³/mol. The van der Waals surface area contributed by atoms with Gasteiger partial charge in [-0.3, -0.25) is 4.98 Å². The molecule has 1 N–H and O–H groups in total. The van der Waals surface area contributed by atoms with Gasteiger partial charge in [0.15, 0.2) is 0 Å². The largest absolute Gasteiger partial charge is 0.396 e. The summed E-state index contributed by atoms with van der Waals surface area (Å²) in [4.78, 5) is 8.99. The van der Waals surface area contributed by atoms with Crippen molar-refractivity contribution in [1.29, 1.82) is 0 Å². The monoisotopic (exact) mass is 290 g/mol. The molecule has 110 valence electrons. The van der Waals surface area contributed by atoms with Crippen molar-refractivity contribution in [2.45, 2.75) is 25.2 Å². The van der Waals surface area contributed by atoms with Crippen LogP contribution in [-0.4, -0.2) is 21.7 Å². The van der Waals surface area contributed by atoms with E-state index in [0.717, 1.165) is 22.3 Å². The van der Waals surface area contributed by atoms with E-state index in [1.807, 2.05) is 12.1 Å². The van der Waals surface area contributed by atoms with E-state index in [1.54, 1.807) is 12.4 Å². The van der Waals surface area contributed by atoms with E-state index >= 15 is 0 Å². The lowest BCUT2D eigenvalue weighted by Gasteiger charge is -2.12. The molecule has 1 aliphatic rings. The second kappa shape index (κ2) is 5.50. The van der Waals surface area contributed by atoms with Crippen LogP contribution in [-0.2, 0) is 6.42 Å². The normalized spacial score (nSPS) is 14.4. The fourth-order valence-corrected chi connectivity index (χ4v) is 3.06. The van der Waals surface area contributed by atoms with Gasteiger partial charge in [0.05, 0.1) is 11.2 Å². The van der Waals surface area contributed by atoms with Gasteiger partial charge < -0.3 is 5.11 Å². The maximum absolute atomic E-state index is 9.32. The summed E-state index contributed by atoms with van der Waals surface area (Å²) in [5, 5.41) is 10.6. The number of pyridine rings is 2. The number of aliphatic hydroxyl groups is 1. The molecule has 1 aromatic carbocycles. The summed E-state index contributed by atoms with van der Waals surface area (Å²) < 4.78 is 0. The van der Waals surface area contributed by atoms with Crippen molar-refractivity contribution < 1.29 is 5.11 Å². The van der Waals surface area contributed by atoms with E-state index in [1.165, 1.54) is 23.8 Å². The Morgan fingerprint density at radius 3 is 2.64 bits per heavy atom. The first-order valence-corrected chi connectivity index (χ1v) is 7.80. The molecule has 1 fully saturated rings. The minimum absolute atomic E-state index is 0.152. The second-order valence-electron chi connectivity index (χ2n) is 5.89. The van der Waals surface area contributed by atoms with Crippen LogP contribution in [0.25, 0.3) is 22.2 Å². The molecule has 1 saturated carbocycles. The quantitative estimate of drug-likeness (QED) is 0.796. The van der Waals surface area contributed by atoms with Crippen LogP contribution < -0.4 is 0 Å². The summed E-state index contributed by atoms with van der Waals surface area (Å²) in [5.74, 6) is 0.662. The number of hydrogen-bond acceptors (Lipinski definition) is 3. The average Bonchev–Trinajstić information content (AvgIpc) is 3.40. The average molecular weight is 290 g/mol. The fraction of sp³-hybridized carbons (Fsp3) is 0.263. The lowest BCUT2D eigenvalue weighted by atomic mass is 9.98. The van der Waals surface area contributed by atoms with Crippen LogP contribution in [0.2, 0.25) is 0 Å². The molecule has 0 spiro atoms. The maximum Gasteiger partial charge on any atom is 0.0745 e. The molecular formula is C19H18N2O. The summed E-state index contributed by atoms with van der Waals surface area (Å²) in [7, 11) is 0. The molecule has 1 aliphatic carbocycles. The number of para-hydroxylation sites is 1. The number of aliphatic hydroxyl groups excluding tert-OH is 1. The van der Waals surface area contributed by atoms with Gasteiger partial charge >= 0.3 is 0 Å². The maximum atomic E-state index is 9.32. The predicted octanol–water partition coefficient (Wildman–Crippen LogP) is 3.71. The number of hydrogen-bond donors (Lipinski definition) is 1. The third kappa shape index (κ3) is 2.38. The number of benzene rings is 1. The van der Waals surface area contributed by atoms with E-state index in [0.29, 0.717) is 12.3 Å². The van der Waals surface area contributed by atoms with Crippen molar-refractivity contribution in [3.05, 3.63) is 59.9 Å². The van der Waals surface area contributed by atoms with E-state index in [2.05, 4.69) is 29.2 Å². The van der Waals surface area contributed by atoms with Crippen molar-refractivity contribution in [1.82, 2.24) is 9.97 Å². The molecule has 0 saturated heterocycles. The number of aromatic nitrogens is 2. The highest BCUT2D eigenvalue weighted by Gasteiger charge is 2.26. The first kappa shape index (κ1) is 13.4. The van der Waals surface area contributed by atoms with Gasteiger partial charge in [-0.15, -0.1) is 0 Å². The molecule has 0 amide bonds. The molecule has 0 aliphatic heterocycles. The molecule has 3 aromatic rings. The number of nitrogens with zero attached hydrogens (tertiary/aromatic N) is 2. The Morgan fingerprint density at radius 2 is 1.91 bits per heavy atom. The van der Waals surface area contributed by atoms with Crippen molar-refractivity contribution in [2.75, 3.05) is 6.61 Å². The zero-order valence-electron chi connectivity index (χ0n) is 12.4. The number of rotatable bonds is 4. The van der Waals surface area contributed by atoms with Gasteiger partial charge in [0.2, 0.25) is 0 Å². The van der Waals surface area contributed by atoms with Crippen molar-refractivity contribution >= 4 is 10.9 Å². The highest BCUT2D eigenvalue weighted by atomic mass is 16.2. The number of fused-ring (bicyclic) bond motifs is 1. The molecule has 0 bridgehead atoms. The Kier molecular flexibility index (Phi) is 3.35. The fourth-order valence-electron chi connectivity index (χ4n) is 3.06. The molecule has 22 heavy (non-hydrogen) atoms. The van der Waals surface area contributed by atoms with E-state index in [4.69, 9.17) is 4.98 Å². The molecule has 3 nitrogen and oxygen atoms in total. The van der Waals surface area contributed by atoms with Gasteiger partial charge in [0.1, 0.15) is 0 Å². The Hall–Kier alpha value is -2.26. The lowest BCUT2D eigenvalue weighted by molar-refractivity contribution is 0.300. The summed E-state index contributed by atoms with van der Waals surface area (Å²) in [6, 6.07) is 12.5. The highest BCUT2D eigenvalue weighted by Crippen LogP contribution is 2.44. The minimum atomic E-state index is 0.152. The summed E-state index contributed by atoms with van der Waals surface area (Å²) in [5.41, 5.74) is 5.65. The molecular weight excluding hydrogens is 272 g/mol. The molecule has 0 radical (unpaired) electrons. The third-order valence-electron chi connectivity index (χ3n) is 4.33. The van der Waals surface area contributed by atoms with Crippen LogP contribution in [0.3, 0.4) is 0 Å². The van der Waals surface area contributed by atoms with Crippen molar-refractivity contribution in [3.63, 3.8) is 0 Å². The third-order valence-corrected chi connectivity index (χ3v) is 4.33. The zero-order chi connectivity index (χ0) is 14.9. The first-order valence-electron chi connectivity index (χ1n) is 7.80. The van der Waals surface area contributed by atoms with E-state index in [9.17, 15) is 5.11 Å². The lowest BCUT2D eigenvalue weighted by Crippen LogP contribution is -1.98. The second-order valence-corrected chi connectivity index (χ2v) is 5.89. The molecule has 2 heterocycles. The topological polar surface area (TPSA) is 46.0 Å².